The molecular formula is C25H24O7. The topological polar surface area (TPSA) is 109 Å². The molecule has 0 radical (unpaired) electrons. The predicted molar refractivity (Wildman–Crippen MR) is 120 cm³/mol. The van der Waals surface area contributed by atoms with Crippen LogP contribution in [0.15, 0.2) is 48.5 Å². The zero-order valence-corrected chi connectivity index (χ0v) is 17.6. The molecule has 4 N–H and O–H groups in total. The monoisotopic (exact) mass is 436 g/mol. The Labute approximate surface area is 185 Å². The number of ether oxygens (including phenoxy) is 3. The molecule has 3 aromatic rings. The number of fused-ring (bicyclic) bond motifs is 1. The van der Waals surface area contributed by atoms with Crippen LogP contribution < -0.4 is 14.2 Å². The fourth-order valence-electron chi connectivity index (χ4n) is 3.94. The van der Waals surface area contributed by atoms with Crippen LogP contribution in [-0.2, 0) is 0 Å². The van der Waals surface area contributed by atoms with E-state index in [9.17, 15) is 20.4 Å². The van der Waals surface area contributed by atoms with E-state index in [4.69, 9.17) is 14.2 Å². The Hall–Kier alpha value is -3.84. The first-order valence-corrected chi connectivity index (χ1v) is 10.0. The molecule has 2 atom stereocenters. The maximum Gasteiger partial charge on any atom is 0.165 e. The highest BCUT2D eigenvalue weighted by molar-refractivity contribution is 5.73. The molecule has 0 aliphatic carbocycles. The summed E-state index contributed by atoms with van der Waals surface area (Å²) in [6.45, 7) is -0.155. The van der Waals surface area contributed by atoms with E-state index in [1.54, 1.807) is 25.3 Å². The number of rotatable bonds is 6. The maximum absolute atomic E-state index is 10.2. The normalized spacial score (nSPS) is 17.2. The third kappa shape index (κ3) is 4.02. The van der Waals surface area contributed by atoms with Crippen molar-refractivity contribution in [1.82, 2.24) is 0 Å². The standard InChI is InChI=1S/C25H24O7/c1-30-22-11-16(5-6-21(22)29)24-20(13-26)19-9-15(10-23(31-2)25(19)32-24)4-3-14-7-17(27)12-18(28)8-14/h3-12,20,24,26-29H,13H2,1-2H3/b4-3+/t20-,24+/m1/s1. The van der Waals surface area contributed by atoms with Crippen LogP contribution in [0.25, 0.3) is 12.2 Å². The lowest BCUT2D eigenvalue weighted by Gasteiger charge is -2.18. The number of phenolic OH excluding ortho intramolecular Hbond substituents is 3. The Bertz CT molecular complexity index is 1150. The van der Waals surface area contributed by atoms with Crippen LogP contribution in [-0.4, -0.2) is 41.3 Å². The van der Waals surface area contributed by atoms with Crippen molar-refractivity contribution < 1.29 is 34.6 Å². The van der Waals surface area contributed by atoms with Gasteiger partial charge in [0.1, 0.15) is 17.6 Å². The number of phenols is 3. The highest BCUT2D eigenvalue weighted by Gasteiger charge is 2.37. The van der Waals surface area contributed by atoms with Crippen LogP contribution in [0, 0.1) is 0 Å². The summed E-state index contributed by atoms with van der Waals surface area (Å²) >= 11 is 0. The van der Waals surface area contributed by atoms with Crippen molar-refractivity contribution in [2.75, 3.05) is 20.8 Å². The number of aliphatic hydroxyl groups is 1. The van der Waals surface area contributed by atoms with E-state index in [0.29, 0.717) is 22.8 Å². The first-order chi connectivity index (χ1) is 15.4. The summed E-state index contributed by atoms with van der Waals surface area (Å²) in [5, 5.41) is 39.4. The Balaban J connectivity index is 1.71. The van der Waals surface area contributed by atoms with Gasteiger partial charge in [-0.2, -0.15) is 0 Å². The summed E-state index contributed by atoms with van der Waals surface area (Å²) in [5.74, 6) is 1.00. The van der Waals surface area contributed by atoms with Crippen molar-refractivity contribution in [2.24, 2.45) is 0 Å². The van der Waals surface area contributed by atoms with Crippen molar-refractivity contribution >= 4 is 12.2 Å². The molecule has 4 rings (SSSR count). The number of methoxy groups -OCH3 is 2. The summed E-state index contributed by atoms with van der Waals surface area (Å²) in [6.07, 6.45) is 3.09. The largest absolute Gasteiger partial charge is 0.508 e. The van der Waals surface area contributed by atoms with Gasteiger partial charge in [0.15, 0.2) is 23.0 Å². The molecule has 32 heavy (non-hydrogen) atoms. The zero-order valence-electron chi connectivity index (χ0n) is 17.6. The summed E-state index contributed by atoms with van der Waals surface area (Å²) in [7, 11) is 3.02. The van der Waals surface area contributed by atoms with Gasteiger partial charge in [-0.15, -0.1) is 0 Å². The van der Waals surface area contributed by atoms with Gasteiger partial charge in [0.05, 0.1) is 26.7 Å². The first-order valence-electron chi connectivity index (χ1n) is 10.0. The molecule has 3 aromatic carbocycles. The second-order valence-electron chi connectivity index (χ2n) is 7.52. The van der Waals surface area contributed by atoms with E-state index >= 15 is 0 Å². The van der Waals surface area contributed by atoms with E-state index in [1.165, 1.54) is 31.4 Å². The van der Waals surface area contributed by atoms with Crippen LogP contribution in [0.2, 0.25) is 0 Å². The average Bonchev–Trinajstić information content (AvgIpc) is 3.15. The number of aromatic hydroxyl groups is 3. The number of hydrogen-bond acceptors (Lipinski definition) is 7. The summed E-state index contributed by atoms with van der Waals surface area (Å²) in [6, 6.07) is 13.0. The van der Waals surface area contributed by atoms with Gasteiger partial charge in [0.2, 0.25) is 0 Å². The molecule has 0 saturated carbocycles. The maximum atomic E-state index is 10.2. The fourth-order valence-corrected chi connectivity index (χ4v) is 3.94. The molecule has 7 nitrogen and oxygen atoms in total. The lowest BCUT2D eigenvalue weighted by molar-refractivity contribution is 0.157. The Morgan fingerprint density at radius 1 is 0.844 bits per heavy atom. The summed E-state index contributed by atoms with van der Waals surface area (Å²) in [5.41, 5.74) is 2.98. The fraction of sp³-hybridized carbons (Fsp3) is 0.200. The van der Waals surface area contributed by atoms with Gasteiger partial charge in [-0.3, -0.25) is 0 Å². The molecule has 1 heterocycles. The highest BCUT2D eigenvalue weighted by atomic mass is 16.5. The van der Waals surface area contributed by atoms with Crippen molar-refractivity contribution in [3.05, 3.63) is 70.8 Å². The number of benzene rings is 3. The van der Waals surface area contributed by atoms with Gasteiger partial charge in [0.25, 0.3) is 0 Å². The van der Waals surface area contributed by atoms with Gasteiger partial charge < -0.3 is 34.6 Å². The molecule has 0 bridgehead atoms. The zero-order chi connectivity index (χ0) is 22.8. The van der Waals surface area contributed by atoms with E-state index in [1.807, 2.05) is 18.2 Å². The Kier molecular flexibility index (Phi) is 5.83. The van der Waals surface area contributed by atoms with Crippen molar-refractivity contribution in [3.8, 4) is 34.5 Å². The van der Waals surface area contributed by atoms with Gasteiger partial charge in [0, 0.05) is 11.6 Å². The molecule has 166 valence electrons. The molecule has 0 fully saturated rings. The Morgan fingerprint density at radius 2 is 1.50 bits per heavy atom. The quantitative estimate of drug-likeness (QED) is 0.429. The van der Waals surface area contributed by atoms with Crippen LogP contribution in [0.5, 0.6) is 34.5 Å². The lowest BCUT2D eigenvalue weighted by Crippen LogP contribution is -2.13. The molecule has 1 aliphatic heterocycles. The smallest absolute Gasteiger partial charge is 0.165 e. The molecule has 0 spiro atoms. The highest BCUT2D eigenvalue weighted by Crippen LogP contribution is 2.51. The van der Waals surface area contributed by atoms with Crippen LogP contribution in [0.1, 0.15) is 34.3 Å². The third-order valence-electron chi connectivity index (χ3n) is 5.46. The summed E-state index contributed by atoms with van der Waals surface area (Å²) < 4.78 is 16.9. The van der Waals surface area contributed by atoms with Crippen LogP contribution in [0.3, 0.4) is 0 Å². The van der Waals surface area contributed by atoms with Crippen LogP contribution in [0.4, 0.5) is 0 Å². The molecular weight excluding hydrogens is 412 g/mol. The van der Waals surface area contributed by atoms with Gasteiger partial charge >= 0.3 is 0 Å². The van der Waals surface area contributed by atoms with E-state index in [2.05, 4.69) is 0 Å². The predicted octanol–water partition coefficient (Wildman–Crippen LogP) is 4.20. The van der Waals surface area contributed by atoms with Crippen LogP contribution >= 0.6 is 0 Å². The second kappa shape index (κ2) is 8.72. The molecule has 7 heteroatoms. The average molecular weight is 436 g/mol. The molecule has 0 amide bonds. The van der Waals surface area contributed by atoms with Crippen molar-refractivity contribution in [3.63, 3.8) is 0 Å². The van der Waals surface area contributed by atoms with E-state index < -0.39 is 6.10 Å². The minimum atomic E-state index is -0.486. The Morgan fingerprint density at radius 3 is 2.12 bits per heavy atom. The van der Waals surface area contributed by atoms with Crippen molar-refractivity contribution in [1.29, 1.82) is 0 Å². The van der Waals surface area contributed by atoms with E-state index in [0.717, 1.165) is 16.7 Å². The van der Waals surface area contributed by atoms with Gasteiger partial charge in [-0.05, 0) is 53.1 Å². The second-order valence-corrected chi connectivity index (χ2v) is 7.52. The van der Waals surface area contributed by atoms with E-state index in [-0.39, 0.29) is 29.8 Å². The molecule has 0 saturated heterocycles. The first kappa shape index (κ1) is 21.4. The third-order valence-corrected chi connectivity index (χ3v) is 5.46. The number of aliphatic hydroxyl groups excluding tert-OH is 1. The SMILES string of the molecule is COc1cc([C@@H]2Oc3c(OC)cc(/C=C/c4cc(O)cc(O)c4)cc3[C@H]2CO)ccc1O. The molecule has 0 unspecified atom stereocenters. The molecule has 1 aliphatic rings. The van der Waals surface area contributed by atoms with Gasteiger partial charge in [-0.1, -0.05) is 18.2 Å². The van der Waals surface area contributed by atoms with Gasteiger partial charge in [-0.25, -0.2) is 0 Å². The van der Waals surface area contributed by atoms with Crippen molar-refractivity contribution in [2.45, 2.75) is 12.0 Å². The lowest BCUT2D eigenvalue weighted by atomic mass is 9.90. The summed E-state index contributed by atoms with van der Waals surface area (Å²) in [4.78, 5) is 0. The number of hydrogen-bond donors (Lipinski definition) is 4. The minimum Gasteiger partial charge on any atom is -0.508 e. The molecule has 0 aromatic heterocycles. The minimum absolute atomic E-state index is 0.0234.